The second-order valence-electron chi connectivity index (χ2n) is 7.37. The van der Waals surface area contributed by atoms with E-state index in [2.05, 4.69) is 15.5 Å². The smallest absolute Gasteiger partial charge is 0.245 e. The Kier molecular flexibility index (Phi) is 4.96. The van der Waals surface area contributed by atoms with Gasteiger partial charge < -0.3 is 10.2 Å². The normalized spacial score (nSPS) is 17.9. The largest absolute Gasteiger partial charge is 0.349 e. The van der Waals surface area contributed by atoms with Crippen LogP contribution in [-0.2, 0) is 29.2 Å². The lowest BCUT2D eigenvalue weighted by Gasteiger charge is -2.34. The molecule has 8 nitrogen and oxygen atoms in total. The van der Waals surface area contributed by atoms with Crippen LogP contribution in [0.25, 0.3) is 0 Å². The number of hydrogen-bond acceptors (Lipinski definition) is 4. The van der Waals surface area contributed by atoms with Gasteiger partial charge in [0.25, 0.3) is 0 Å². The summed E-state index contributed by atoms with van der Waals surface area (Å²) in [5.41, 5.74) is 1.86. The van der Waals surface area contributed by atoms with E-state index in [0.717, 1.165) is 24.2 Å². The number of carbonyl (C=O) groups is 2. The van der Waals surface area contributed by atoms with Crippen LogP contribution in [0.2, 0.25) is 0 Å². The lowest BCUT2D eigenvalue weighted by Crippen LogP contribution is -2.43. The minimum absolute atomic E-state index is 0.0611. The van der Waals surface area contributed by atoms with E-state index in [1.165, 1.54) is 6.42 Å². The molecule has 1 saturated carbocycles. The van der Waals surface area contributed by atoms with Crippen molar-refractivity contribution < 1.29 is 9.59 Å². The Morgan fingerprint density at radius 1 is 1.33 bits per heavy atom. The van der Waals surface area contributed by atoms with Gasteiger partial charge in [-0.3, -0.25) is 19.0 Å². The molecule has 2 aromatic rings. The first-order valence-electron chi connectivity index (χ1n) is 9.77. The van der Waals surface area contributed by atoms with Crippen LogP contribution in [-0.4, -0.2) is 42.8 Å². The second kappa shape index (κ2) is 7.54. The van der Waals surface area contributed by atoms with Gasteiger partial charge in [0.1, 0.15) is 6.04 Å². The highest BCUT2D eigenvalue weighted by Gasteiger charge is 2.31. The standard InChI is InChI=1S/C19H26N6O2/c1-2-17(25-8-4-7-21-25)18(26)20-12-15-11-16-13-23(9-10-24(16)22-15)19(27)14-5-3-6-14/h4,7-8,11,14,17H,2-3,5-6,9-10,12-13H2,1H3,(H,20,26)/t17-/m1/s1. The predicted octanol–water partition coefficient (Wildman–Crippen LogP) is 1.49. The highest BCUT2D eigenvalue weighted by molar-refractivity contribution is 5.80. The first-order valence-corrected chi connectivity index (χ1v) is 9.77. The maximum absolute atomic E-state index is 12.5. The van der Waals surface area contributed by atoms with Crippen molar-refractivity contribution in [3.05, 3.63) is 35.9 Å². The molecule has 1 aliphatic heterocycles. The molecule has 0 radical (unpaired) electrons. The van der Waals surface area contributed by atoms with Gasteiger partial charge in [0.2, 0.25) is 11.8 Å². The number of aromatic nitrogens is 4. The molecule has 2 amide bonds. The summed E-state index contributed by atoms with van der Waals surface area (Å²) in [6.07, 6.45) is 7.38. The summed E-state index contributed by atoms with van der Waals surface area (Å²) in [6, 6.07) is 3.50. The zero-order valence-corrected chi connectivity index (χ0v) is 15.7. The molecule has 1 fully saturated rings. The number of nitrogens with one attached hydrogen (secondary N) is 1. The maximum atomic E-state index is 12.5. The molecule has 1 N–H and O–H groups in total. The summed E-state index contributed by atoms with van der Waals surface area (Å²) in [5.74, 6) is 0.453. The van der Waals surface area contributed by atoms with Gasteiger partial charge >= 0.3 is 0 Å². The molecule has 0 saturated heterocycles. The van der Waals surface area contributed by atoms with E-state index in [4.69, 9.17) is 0 Å². The fourth-order valence-electron chi connectivity index (χ4n) is 3.77. The van der Waals surface area contributed by atoms with Crippen molar-refractivity contribution in [2.75, 3.05) is 6.54 Å². The lowest BCUT2D eigenvalue weighted by atomic mass is 9.84. The number of hydrogen-bond donors (Lipinski definition) is 1. The fourth-order valence-corrected chi connectivity index (χ4v) is 3.77. The molecule has 1 aliphatic carbocycles. The molecule has 27 heavy (non-hydrogen) atoms. The Hall–Kier alpha value is -2.64. The summed E-state index contributed by atoms with van der Waals surface area (Å²) in [6.45, 7) is 4.39. The molecule has 0 spiro atoms. The first kappa shape index (κ1) is 17.8. The maximum Gasteiger partial charge on any atom is 0.245 e. The molecule has 2 aromatic heterocycles. The fraction of sp³-hybridized carbons (Fsp3) is 0.579. The number of amides is 2. The van der Waals surface area contributed by atoms with E-state index in [-0.39, 0.29) is 23.8 Å². The molecular formula is C19H26N6O2. The monoisotopic (exact) mass is 370 g/mol. The summed E-state index contributed by atoms with van der Waals surface area (Å²) < 4.78 is 3.63. The van der Waals surface area contributed by atoms with Crippen molar-refractivity contribution in [3.8, 4) is 0 Å². The third kappa shape index (κ3) is 3.61. The van der Waals surface area contributed by atoms with Gasteiger partial charge in [-0.05, 0) is 31.4 Å². The van der Waals surface area contributed by atoms with Crippen LogP contribution >= 0.6 is 0 Å². The van der Waals surface area contributed by atoms with E-state index in [1.807, 2.05) is 28.6 Å². The van der Waals surface area contributed by atoms with Crippen LogP contribution < -0.4 is 5.32 Å². The molecular weight excluding hydrogens is 344 g/mol. The van der Waals surface area contributed by atoms with Crippen molar-refractivity contribution in [3.63, 3.8) is 0 Å². The van der Waals surface area contributed by atoms with Gasteiger partial charge in [0.05, 0.1) is 31.0 Å². The van der Waals surface area contributed by atoms with Crippen molar-refractivity contribution in [2.45, 2.75) is 58.3 Å². The Bertz CT molecular complexity index is 808. The second-order valence-corrected chi connectivity index (χ2v) is 7.37. The number of rotatable bonds is 6. The summed E-state index contributed by atoms with van der Waals surface area (Å²) in [4.78, 5) is 26.9. The van der Waals surface area contributed by atoms with Crippen LogP contribution in [0.1, 0.15) is 50.0 Å². The minimum Gasteiger partial charge on any atom is -0.349 e. The van der Waals surface area contributed by atoms with Crippen molar-refractivity contribution in [2.24, 2.45) is 5.92 Å². The van der Waals surface area contributed by atoms with Crippen LogP contribution in [0.3, 0.4) is 0 Å². The number of nitrogens with zero attached hydrogens (tertiary/aromatic N) is 5. The molecule has 3 heterocycles. The molecule has 2 aliphatic rings. The molecule has 0 unspecified atom stereocenters. The predicted molar refractivity (Wildman–Crippen MR) is 98.4 cm³/mol. The average Bonchev–Trinajstić information content (AvgIpc) is 3.27. The SMILES string of the molecule is CC[C@H](C(=O)NCc1cc2n(n1)CCN(C(=O)C1CCC1)C2)n1cccn1. The summed E-state index contributed by atoms with van der Waals surface area (Å²) in [5, 5.41) is 11.7. The van der Waals surface area contributed by atoms with E-state index in [0.29, 0.717) is 32.6 Å². The molecule has 0 bridgehead atoms. The average molecular weight is 370 g/mol. The van der Waals surface area contributed by atoms with E-state index < -0.39 is 0 Å². The topological polar surface area (TPSA) is 85.0 Å². The van der Waals surface area contributed by atoms with Gasteiger partial charge in [-0.15, -0.1) is 0 Å². The summed E-state index contributed by atoms with van der Waals surface area (Å²) in [7, 11) is 0. The quantitative estimate of drug-likeness (QED) is 0.835. The van der Waals surface area contributed by atoms with Crippen molar-refractivity contribution >= 4 is 11.8 Å². The Balaban J connectivity index is 1.35. The van der Waals surface area contributed by atoms with E-state index in [1.54, 1.807) is 17.1 Å². The zero-order chi connectivity index (χ0) is 18.8. The van der Waals surface area contributed by atoms with Crippen molar-refractivity contribution in [1.82, 2.24) is 29.8 Å². The third-order valence-electron chi connectivity index (χ3n) is 5.59. The Morgan fingerprint density at radius 2 is 2.19 bits per heavy atom. The number of carbonyl (C=O) groups excluding carboxylic acids is 2. The van der Waals surface area contributed by atoms with Crippen molar-refractivity contribution in [1.29, 1.82) is 0 Å². The van der Waals surface area contributed by atoms with Gasteiger partial charge in [-0.2, -0.15) is 10.2 Å². The van der Waals surface area contributed by atoms with Gasteiger partial charge in [-0.1, -0.05) is 13.3 Å². The van der Waals surface area contributed by atoms with Gasteiger partial charge in [0.15, 0.2) is 0 Å². The highest BCUT2D eigenvalue weighted by atomic mass is 16.2. The molecule has 144 valence electrons. The molecule has 1 atom stereocenters. The Morgan fingerprint density at radius 3 is 2.85 bits per heavy atom. The van der Waals surface area contributed by atoms with Gasteiger partial charge in [0, 0.05) is 24.9 Å². The van der Waals surface area contributed by atoms with E-state index in [9.17, 15) is 9.59 Å². The first-order chi connectivity index (χ1) is 13.2. The highest BCUT2D eigenvalue weighted by Crippen LogP contribution is 2.29. The van der Waals surface area contributed by atoms with Crippen LogP contribution in [0, 0.1) is 5.92 Å². The van der Waals surface area contributed by atoms with E-state index >= 15 is 0 Å². The van der Waals surface area contributed by atoms with Crippen LogP contribution in [0.4, 0.5) is 0 Å². The van der Waals surface area contributed by atoms with Crippen LogP contribution in [0.15, 0.2) is 24.5 Å². The lowest BCUT2D eigenvalue weighted by molar-refractivity contribution is -0.139. The Labute approximate surface area is 158 Å². The minimum atomic E-state index is -0.312. The summed E-state index contributed by atoms with van der Waals surface area (Å²) >= 11 is 0. The zero-order valence-electron chi connectivity index (χ0n) is 15.7. The van der Waals surface area contributed by atoms with Gasteiger partial charge in [-0.25, -0.2) is 0 Å². The third-order valence-corrected chi connectivity index (χ3v) is 5.59. The molecule has 8 heteroatoms. The van der Waals surface area contributed by atoms with Crippen LogP contribution in [0.5, 0.6) is 0 Å². The number of fused-ring (bicyclic) bond motifs is 1. The molecule has 4 rings (SSSR count). The molecule has 0 aromatic carbocycles.